The van der Waals surface area contributed by atoms with Crippen LogP contribution < -0.4 is 5.46 Å². The van der Waals surface area contributed by atoms with Crippen molar-refractivity contribution in [2.45, 2.75) is 0 Å². The van der Waals surface area contributed by atoms with Crippen LogP contribution in [0.3, 0.4) is 0 Å². The Kier molecular flexibility index (Phi) is 2.48. The molecule has 1 heterocycles. The molecule has 2 rings (SSSR count). The van der Waals surface area contributed by atoms with E-state index in [1.807, 2.05) is 18.2 Å². The maximum absolute atomic E-state index is 9.00. The quantitative estimate of drug-likeness (QED) is 0.631. The lowest BCUT2D eigenvalue weighted by atomic mass is 9.79. The van der Waals surface area contributed by atoms with Gasteiger partial charge in [-0.15, -0.1) is 0 Å². The van der Waals surface area contributed by atoms with Gasteiger partial charge in [0, 0.05) is 6.21 Å². The van der Waals surface area contributed by atoms with E-state index in [-0.39, 0.29) is 0 Å². The number of rotatable bonds is 2. The third kappa shape index (κ3) is 1.76. The van der Waals surface area contributed by atoms with Crippen molar-refractivity contribution in [1.29, 1.82) is 0 Å². The van der Waals surface area contributed by atoms with Crippen molar-refractivity contribution in [3.05, 3.63) is 35.9 Å². The largest absolute Gasteiger partial charge is 0.488 e. The molecule has 1 aromatic rings. The summed E-state index contributed by atoms with van der Waals surface area (Å²) in [6, 6.07) is 7.20. The second-order valence-corrected chi connectivity index (χ2v) is 3.18. The van der Waals surface area contributed by atoms with Crippen LogP contribution in [0, 0.1) is 0 Å². The van der Waals surface area contributed by atoms with Crippen LogP contribution >= 0.6 is 0 Å². The second-order valence-electron chi connectivity index (χ2n) is 3.18. The van der Waals surface area contributed by atoms with Gasteiger partial charge in [-0.3, -0.25) is 4.99 Å². The summed E-state index contributed by atoms with van der Waals surface area (Å²) in [5, 5.41) is 18.0. The van der Waals surface area contributed by atoms with Crippen LogP contribution in [0.15, 0.2) is 35.3 Å². The summed E-state index contributed by atoms with van der Waals surface area (Å²) >= 11 is 0. The maximum atomic E-state index is 9.00. The van der Waals surface area contributed by atoms with Gasteiger partial charge < -0.3 is 10.0 Å². The molecule has 70 valence electrons. The SMILES string of the molecule is OB(O)c1cccc(C2=CC=NC2)c1. The number of aliphatic imine (C=N–C) groups is 1. The monoisotopic (exact) mass is 187 g/mol. The molecule has 0 saturated carbocycles. The Balaban J connectivity index is 2.31. The van der Waals surface area contributed by atoms with Gasteiger partial charge in [-0.25, -0.2) is 0 Å². The lowest BCUT2D eigenvalue weighted by Gasteiger charge is -2.04. The smallest absolute Gasteiger partial charge is 0.423 e. The molecular formula is C10H10BNO2. The van der Waals surface area contributed by atoms with E-state index in [4.69, 9.17) is 10.0 Å². The first-order valence-electron chi connectivity index (χ1n) is 4.43. The minimum absolute atomic E-state index is 0.510. The lowest BCUT2D eigenvalue weighted by Crippen LogP contribution is -2.29. The Morgan fingerprint density at radius 2 is 2.14 bits per heavy atom. The topological polar surface area (TPSA) is 52.8 Å². The van der Waals surface area contributed by atoms with E-state index < -0.39 is 7.12 Å². The highest BCUT2D eigenvalue weighted by Crippen LogP contribution is 2.15. The minimum atomic E-state index is -1.40. The molecule has 0 radical (unpaired) electrons. The molecule has 0 unspecified atom stereocenters. The highest BCUT2D eigenvalue weighted by atomic mass is 16.4. The van der Waals surface area contributed by atoms with Gasteiger partial charge in [0.2, 0.25) is 0 Å². The van der Waals surface area contributed by atoms with Crippen LogP contribution in [-0.2, 0) is 0 Å². The van der Waals surface area contributed by atoms with Crippen molar-refractivity contribution in [2.24, 2.45) is 4.99 Å². The Morgan fingerprint density at radius 1 is 1.29 bits per heavy atom. The predicted molar refractivity (Wildman–Crippen MR) is 57.6 cm³/mol. The summed E-state index contributed by atoms with van der Waals surface area (Å²) in [5.41, 5.74) is 2.61. The summed E-state index contributed by atoms with van der Waals surface area (Å²) in [6.45, 7) is 0.672. The number of hydrogen-bond donors (Lipinski definition) is 2. The van der Waals surface area contributed by atoms with Crippen LogP contribution in [0.25, 0.3) is 5.57 Å². The van der Waals surface area contributed by atoms with Gasteiger partial charge in [-0.05, 0) is 22.7 Å². The molecule has 4 heteroatoms. The zero-order chi connectivity index (χ0) is 9.97. The lowest BCUT2D eigenvalue weighted by molar-refractivity contribution is 0.426. The van der Waals surface area contributed by atoms with Crippen molar-refractivity contribution in [3.8, 4) is 0 Å². The number of benzene rings is 1. The zero-order valence-electron chi connectivity index (χ0n) is 7.59. The van der Waals surface area contributed by atoms with Gasteiger partial charge >= 0.3 is 7.12 Å². The number of allylic oxidation sites excluding steroid dienone is 1. The standard InChI is InChI=1S/C10H10BNO2/c13-11(14)10-3-1-2-8(6-10)9-4-5-12-7-9/h1-6,13-14H,7H2. The Bertz CT molecular complexity index is 399. The maximum Gasteiger partial charge on any atom is 0.488 e. The Morgan fingerprint density at radius 3 is 2.79 bits per heavy atom. The van der Waals surface area contributed by atoms with Crippen LogP contribution in [0.2, 0.25) is 0 Å². The third-order valence-corrected chi connectivity index (χ3v) is 2.20. The highest BCUT2D eigenvalue weighted by Gasteiger charge is 2.12. The molecule has 2 N–H and O–H groups in total. The molecular weight excluding hydrogens is 177 g/mol. The Hall–Kier alpha value is -1.39. The van der Waals surface area contributed by atoms with E-state index in [0.29, 0.717) is 12.0 Å². The van der Waals surface area contributed by atoms with E-state index in [1.54, 1.807) is 18.3 Å². The molecule has 1 aliphatic rings. The summed E-state index contributed by atoms with van der Waals surface area (Å²) in [5.74, 6) is 0. The molecule has 0 bridgehead atoms. The van der Waals surface area contributed by atoms with Crippen LogP contribution in [0.1, 0.15) is 5.56 Å². The second kappa shape index (κ2) is 3.78. The van der Waals surface area contributed by atoms with Gasteiger partial charge in [0.1, 0.15) is 0 Å². The minimum Gasteiger partial charge on any atom is -0.423 e. The van der Waals surface area contributed by atoms with E-state index in [2.05, 4.69) is 4.99 Å². The molecule has 0 saturated heterocycles. The zero-order valence-corrected chi connectivity index (χ0v) is 7.59. The average Bonchev–Trinajstić information content (AvgIpc) is 2.71. The van der Waals surface area contributed by atoms with Gasteiger partial charge in [-0.2, -0.15) is 0 Å². The normalized spacial score (nSPS) is 14.3. The van der Waals surface area contributed by atoms with Gasteiger partial charge in [-0.1, -0.05) is 24.3 Å². The van der Waals surface area contributed by atoms with Gasteiger partial charge in [0.15, 0.2) is 0 Å². The van der Waals surface area contributed by atoms with E-state index in [0.717, 1.165) is 11.1 Å². The van der Waals surface area contributed by atoms with E-state index in [9.17, 15) is 0 Å². The fraction of sp³-hybridized carbons (Fsp3) is 0.100. The predicted octanol–water partition coefficient (Wildman–Crippen LogP) is -0.166. The molecule has 3 nitrogen and oxygen atoms in total. The van der Waals surface area contributed by atoms with Crippen molar-refractivity contribution in [1.82, 2.24) is 0 Å². The fourth-order valence-electron chi connectivity index (χ4n) is 1.43. The number of hydrogen-bond acceptors (Lipinski definition) is 3. The summed E-state index contributed by atoms with van der Waals surface area (Å²) in [6.07, 6.45) is 3.69. The molecule has 0 aliphatic carbocycles. The molecule has 1 aromatic carbocycles. The van der Waals surface area contributed by atoms with Crippen molar-refractivity contribution in [3.63, 3.8) is 0 Å². The molecule has 0 fully saturated rings. The van der Waals surface area contributed by atoms with Gasteiger partial charge in [0.25, 0.3) is 0 Å². The summed E-state index contributed by atoms with van der Waals surface area (Å²) < 4.78 is 0. The Labute approximate surface area is 82.6 Å². The molecule has 0 aromatic heterocycles. The summed E-state index contributed by atoms with van der Waals surface area (Å²) in [4.78, 5) is 4.07. The molecule has 0 atom stereocenters. The van der Waals surface area contributed by atoms with Crippen molar-refractivity contribution in [2.75, 3.05) is 6.54 Å². The fourth-order valence-corrected chi connectivity index (χ4v) is 1.43. The number of nitrogens with zero attached hydrogens (tertiary/aromatic N) is 1. The van der Waals surface area contributed by atoms with Gasteiger partial charge in [0.05, 0.1) is 6.54 Å². The third-order valence-electron chi connectivity index (χ3n) is 2.20. The highest BCUT2D eigenvalue weighted by molar-refractivity contribution is 6.58. The first-order chi connectivity index (χ1) is 6.77. The van der Waals surface area contributed by atoms with Crippen LogP contribution in [0.4, 0.5) is 0 Å². The van der Waals surface area contributed by atoms with E-state index >= 15 is 0 Å². The first kappa shape index (κ1) is 9.18. The van der Waals surface area contributed by atoms with Crippen molar-refractivity contribution < 1.29 is 10.0 Å². The van der Waals surface area contributed by atoms with Crippen molar-refractivity contribution >= 4 is 24.4 Å². The molecule has 0 spiro atoms. The van der Waals surface area contributed by atoms with E-state index in [1.165, 1.54) is 0 Å². The molecule has 0 amide bonds. The molecule has 14 heavy (non-hydrogen) atoms. The summed E-state index contributed by atoms with van der Waals surface area (Å²) in [7, 11) is -1.40. The average molecular weight is 187 g/mol. The first-order valence-corrected chi connectivity index (χ1v) is 4.43. The van der Waals surface area contributed by atoms with Crippen LogP contribution in [-0.4, -0.2) is 29.9 Å². The van der Waals surface area contributed by atoms with Crippen LogP contribution in [0.5, 0.6) is 0 Å². The molecule has 1 aliphatic heterocycles.